The number of imide groups is 1. The van der Waals surface area contributed by atoms with Gasteiger partial charge in [0.25, 0.3) is 5.91 Å². The number of likely N-dealkylation sites (tertiary alicyclic amines) is 1. The normalized spacial score (nSPS) is 27.1. The minimum atomic E-state index is -1.62. The highest BCUT2D eigenvalue weighted by molar-refractivity contribution is 6.30. The predicted octanol–water partition coefficient (Wildman–Crippen LogP) is 2.21. The van der Waals surface area contributed by atoms with Gasteiger partial charge in [0.05, 0.1) is 0 Å². The maximum absolute atomic E-state index is 13.5. The summed E-state index contributed by atoms with van der Waals surface area (Å²) in [6.45, 7) is 1.77. The Morgan fingerprint density at radius 3 is 2.48 bits per heavy atom. The molecule has 4 rings (SSSR count). The van der Waals surface area contributed by atoms with E-state index >= 15 is 0 Å². The van der Waals surface area contributed by atoms with E-state index in [1.165, 1.54) is 0 Å². The maximum atomic E-state index is 13.5. The van der Waals surface area contributed by atoms with E-state index in [4.69, 9.17) is 11.6 Å². The lowest BCUT2D eigenvalue weighted by Crippen LogP contribution is -2.52. The van der Waals surface area contributed by atoms with Gasteiger partial charge in [0.2, 0.25) is 5.91 Å². The number of carbonyl (C=O) groups is 3. The fourth-order valence-corrected chi connectivity index (χ4v) is 4.25. The molecular weight excluding hydrogens is 368 g/mol. The fourth-order valence-electron chi connectivity index (χ4n) is 4.05. The minimum absolute atomic E-state index is 0.123. The monoisotopic (exact) mass is 384 g/mol. The Kier molecular flexibility index (Phi) is 4.05. The molecule has 0 spiro atoms. The standard InChI is InChI=1S/C20H17ClN2O4/c1-2-23-18(26)15(16(24)19(23)27)20(11-6-5-7-12(21)10-11)17(25)13-8-3-4-9-14(13)22-20/h3-10,15-16,22,24H,2H2,1H3. The summed E-state index contributed by atoms with van der Waals surface area (Å²) in [6, 6.07) is 13.4. The molecule has 7 heteroatoms. The summed E-state index contributed by atoms with van der Waals surface area (Å²) in [6.07, 6.45) is -1.62. The molecule has 1 saturated heterocycles. The first-order chi connectivity index (χ1) is 12.9. The molecule has 0 bridgehead atoms. The fraction of sp³-hybridized carbons (Fsp3) is 0.250. The van der Waals surface area contributed by atoms with E-state index in [2.05, 4.69) is 5.32 Å². The Labute approximate surface area is 160 Å². The average Bonchev–Trinajstić information content (AvgIpc) is 3.07. The van der Waals surface area contributed by atoms with Crippen LogP contribution in [-0.4, -0.2) is 40.3 Å². The van der Waals surface area contributed by atoms with Gasteiger partial charge in [-0.1, -0.05) is 35.9 Å². The number of aliphatic hydroxyl groups excluding tert-OH is 1. The highest BCUT2D eigenvalue weighted by atomic mass is 35.5. The lowest BCUT2D eigenvalue weighted by atomic mass is 9.73. The van der Waals surface area contributed by atoms with Gasteiger partial charge in [0, 0.05) is 22.8 Å². The van der Waals surface area contributed by atoms with E-state index in [0.29, 0.717) is 21.8 Å². The molecule has 2 heterocycles. The van der Waals surface area contributed by atoms with Crippen LogP contribution in [0.2, 0.25) is 5.02 Å². The Balaban J connectivity index is 1.96. The zero-order valence-electron chi connectivity index (χ0n) is 14.5. The highest BCUT2D eigenvalue weighted by Crippen LogP contribution is 2.48. The number of carbonyl (C=O) groups excluding carboxylic acids is 3. The molecule has 2 aromatic carbocycles. The quantitative estimate of drug-likeness (QED) is 0.792. The summed E-state index contributed by atoms with van der Waals surface area (Å²) in [7, 11) is 0. The number of halogens is 1. The van der Waals surface area contributed by atoms with Crippen molar-refractivity contribution < 1.29 is 19.5 Å². The number of fused-ring (bicyclic) bond motifs is 1. The van der Waals surface area contributed by atoms with Crippen LogP contribution in [0.1, 0.15) is 22.8 Å². The first-order valence-electron chi connectivity index (χ1n) is 8.63. The third-order valence-corrected chi connectivity index (χ3v) is 5.53. The van der Waals surface area contributed by atoms with E-state index < -0.39 is 29.4 Å². The van der Waals surface area contributed by atoms with Gasteiger partial charge in [0.15, 0.2) is 5.78 Å². The molecule has 2 aliphatic heterocycles. The van der Waals surface area contributed by atoms with Crippen molar-refractivity contribution in [3.05, 3.63) is 64.7 Å². The summed E-state index contributed by atoms with van der Waals surface area (Å²) in [5.41, 5.74) is -0.228. The molecule has 0 radical (unpaired) electrons. The molecule has 0 aromatic heterocycles. The van der Waals surface area contributed by atoms with Crippen LogP contribution in [0.4, 0.5) is 5.69 Å². The number of rotatable bonds is 3. The number of anilines is 1. The van der Waals surface area contributed by atoms with Crippen LogP contribution in [0.15, 0.2) is 48.5 Å². The van der Waals surface area contributed by atoms with Crippen molar-refractivity contribution in [1.29, 1.82) is 0 Å². The minimum Gasteiger partial charge on any atom is -0.382 e. The number of hydrogen-bond acceptors (Lipinski definition) is 5. The summed E-state index contributed by atoms with van der Waals surface area (Å²) in [5.74, 6) is -2.94. The molecule has 0 aliphatic carbocycles. The summed E-state index contributed by atoms with van der Waals surface area (Å²) in [4.78, 5) is 39.9. The largest absolute Gasteiger partial charge is 0.382 e. The highest BCUT2D eigenvalue weighted by Gasteiger charge is 2.63. The van der Waals surface area contributed by atoms with E-state index in [-0.39, 0.29) is 12.3 Å². The Morgan fingerprint density at radius 2 is 1.85 bits per heavy atom. The predicted molar refractivity (Wildman–Crippen MR) is 99.4 cm³/mol. The maximum Gasteiger partial charge on any atom is 0.258 e. The number of nitrogens with one attached hydrogen (secondary N) is 1. The molecule has 2 N–H and O–H groups in total. The second-order valence-electron chi connectivity index (χ2n) is 6.66. The van der Waals surface area contributed by atoms with Crippen LogP contribution < -0.4 is 5.32 Å². The van der Waals surface area contributed by atoms with Gasteiger partial charge in [-0.25, -0.2) is 0 Å². The number of ketones is 1. The number of likely N-dealkylation sites (N-methyl/N-ethyl adjacent to an activating group) is 1. The molecule has 138 valence electrons. The topological polar surface area (TPSA) is 86.7 Å². The third-order valence-electron chi connectivity index (χ3n) is 5.29. The van der Waals surface area contributed by atoms with Gasteiger partial charge in [0.1, 0.15) is 17.6 Å². The molecule has 6 nitrogen and oxygen atoms in total. The molecule has 1 fully saturated rings. The molecule has 3 unspecified atom stereocenters. The number of nitrogens with zero attached hydrogens (tertiary/aromatic N) is 1. The van der Waals surface area contributed by atoms with Gasteiger partial charge in [-0.15, -0.1) is 0 Å². The van der Waals surface area contributed by atoms with Crippen molar-refractivity contribution in [2.75, 3.05) is 11.9 Å². The smallest absolute Gasteiger partial charge is 0.258 e. The molecular formula is C20H17ClN2O4. The number of benzene rings is 2. The number of hydrogen-bond donors (Lipinski definition) is 2. The summed E-state index contributed by atoms with van der Waals surface area (Å²) in [5, 5.41) is 14.2. The second kappa shape index (κ2) is 6.18. The zero-order valence-corrected chi connectivity index (χ0v) is 15.2. The van der Waals surface area contributed by atoms with Gasteiger partial charge < -0.3 is 10.4 Å². The van der Waals surface area contributed by atoms with Crippen molar-refractivity contribution in [2.45, 2.75) is 18.6 Å². The van der Waals surface area contributed by atoms with E-state index in [1.807, 2.05) is 0 Å². The van der Waals surface area contributed by atoms with Gasteiger partial charge >= 0.3 is 0 Å². The van der Waals surface area contributed by atoms with Crippen LogP contribution in [0.3, 0.4) is 0 Å². The second-order valence-corrected chi connectivity index (χ2v) is 7.10. The number of aliphatic hydroxyl groups is 1. The Bertz CT molecular complexity index is 976. The zero-order chi connectivity index (χ0) is 19.3. The molecule has 0 saturated carbocycles. The number of Topliss-reactive ketones (excluding diaryl/α,β-unsaturated/α-hetero) is 1. The third kappa shape index (κ3) is 2.33. The van der Waals surface area contributed by atoms with Crippen molar-refractivity contribution in [3.63, 3.8) is 0 Å². The molecule has 27 heavy (non-hydrogen) atoms. The molecule has 2 amide bonds. The average molecular weight is 385 g/mol. The van der Waals surface area contributed by atoms with Crippen molar-refractivity contribution >= 4 is 34.9 Å². The van der Waals surface area contributed by atoms with Crippen LogP contribution in [0.25, 0.3) is 0 Å². The molecule has 3 atom stereocenters. The summed E-state index contributed by atoms with van der Waals surface area (Å²) < 4.78 is 0. The summed E-state index contributed by atoms with van der Waals surface area (Å²) >= 11 is 6.14. The SMILES string of the molecule is CCN1C(=O)C(O)C(C2(c3cccc(Cl)c3)Nc3ccccc3C2=O)C1=O. The van der Waals surface area contributed by atoms with Gasteiger partial charge in [-0.2, -0.15) is 0 Å². The first-order valence-corrected chi connectivity index (χ1v) is 9.01. The number of amides is 2. The lowest BCUT2D eigenvalue weighted by molar-refractivity contribution is -0.140. The van der Waals surface area contributed by atoms with Crippen molar-refractivity contribution in [3.8, 4) is 0 Å². The Morgan fingerprint density at radius 1 is 1.11 bits per heavy atom. The van der Waals surface area contributed by atoms with Crippen LogP contribution in [-0.2, 0) is 15.1 Å². The molecule has 2 aromatic rings. The van der Waals surface area contributed by atoms with Gasteiger partial charge in [-0.3, -0.25) is 19.3 Å². The van der Waals surface area contributed by atoms with E-state index in [1.54, 1.807) is 55.5 Å². The van der Waals surface area contributed by atoms with E-state index in [9.17, 15) is 19.5 Å². The van der Waals surface area contributed by atoms with Gasteiger partial charge in [-0.05, 0) is 36.8 Å². The molecule has 2 aliphatic rings. The van der Waals surface area contributed by atoms with Crippen LogP contribution >= 0.6 is 11.6 Å². The van der Waals surface area contributed by atoms with Crippen LogP contribution in [0, 0.1) is 5.92 Å². The Hall–Kier alpha value is -2.70. The lowest BCUT2D eigenvalue weighted by Gasteiger charge is -2.35. The number of para-hydroxylation sites is 1. The van der Waals surface area contributed by atoms with Crippen molar-refractivity contribution in [1.82, 2.24) is 4.90 Å². The van der Waals surface area contributed by atoms with E-state index in [0.717, 1.165) is 4.90 Å². The van der Waals surface area contributed by atoms with Crippen LogP contribution in [0.5, 0.6) is 0 Å². The van der Waals surface area contributed by atoms with Crippen molar-refractivity contribution in [2.24, 2.45) is 5.92 Å². The first kappa shape index (κ1) is 17.7.